The highest BCUT2D eigenvalue weighted by Crippen LogP contribution is 2.30. The van der Waals surface area contributed by atoms with Gasteiger partial charge in [-0.1, -0.05) is 19.1 Å². The molecule has 4 heteroatoms. The largest absolute Gasteiger partial charge is 0.543 e. The molecule has 1 heterocycles. The van der Waals surface area contributed by atoms with Crippen molar-refractivity contribution in [2.45, 2.75) is 39.9 Å². The molecule has 0 aliphatic carbocycles. The van der Waals surface area contributed by atoms with E-state index in [4.69, 9.17) is 9.42 Å². The van der Waals surface area contributed by atoms with Crippen molar-refractivity contribution in [3.8, 4) is 5.75 Å². The molecule has 0 saturated carbocycles. The van der Waals surface area contributed by atoms with Gasteiger partial charge in [0, 0.05) is 13.1 Å². The number of likely N-dealkylation sites (tertiary alicyclic amines) is 1. The predicted octanol–water partition coefficient (Wildman–Crippen LogP) is 4.29. The lowest BCUT2D eigenvalue weighted by molar-refractivity contribution is 0.491. The minimum absolute atomic E-state index is 0.772. The van der Waals surface area contributed by atoms with Crippen molar-refractivity contribution in [1.29, 1.82) is 0 Å². The van der Waals surface area contributed by atoms with Gasteiger partial charge in [-0.25, -0.2) is 4.99 Å². The van der Waals surface area contributed by atoms with Crippen LogP contribution in [0.25, 0.3) is 0 Å². The summed E-state index contributed by atoms with van der Waals surface area (Å²) in [5.41, 5.74) is 0.951. The van der Waals surface area contributed by atoms with Crippen LogP contribution in [0.5, 0.6) is 5.75 Å². The standard InChI is InChI=1S/C16H26N2OSi/c1-13-10-11-18(12-13)14(2)17-15-8-6-7-9-16(15)19-20(3,4)5/h6-9,13H,10-12H2,1-5H3. The lowest BCUT2D eigenvalue weighted by Crippen LogP contribution is -2.29. The molecule has 0 spiro atoms. The highest BCUT2D eigenvalue weighted by Gasteiger charge is 2.21. The van der Waals surface area contributed by atoms with E-state index in [2.05, 4.69) is 38.4 Å². The zero-order chi connectivity index (χ0) is 14.8. The van der Waals surface area contributed by atoms with Crippen LogP contribution in [0, 0.1) is 5.92 Å². The van der Waals surface area contributed by atoms with Crippen LogP contribution in [-0.4, -0.2) is 32.1 Å². The van der Waals surface area contributed by atoms with Gasteiger partial charge in [-0.3, -0.25) is 0 Å². The summed E-state index contributed by atoms with van der Waals surface area (Å²) in [7, 11) is -1.61. The van der Waals surface area contributed by atoms with Crippen molar-refractivity contribution in [2.24, 2.45) is 10.9 Å². The van der Waals surface area contributed by atoms with Crippen LogP contribution in [0.1, 0.15) is 20.3 Å². The summed E-state index contributed by atoms with van der Waals surface area (Å²) in [6.07, 6.45) is 1.26. The minimum Gasteiger partial charge on any atom is -0.543 e. The van der Waals surface area contributed by atoms with E-state index in [0.29, 0.717) is 0 Å². The molecule has 1 aliphatic heterocycles. The van der Waals surface area contributed by atoms with Crippen molar-refractivity contribution < 1.29 is 4.43 Å². The first-order valence-corrected chi connectivity index (χ1v) is 10.8. The Morgan fingerprint density at radius 3 is 2.60 bits per heavy atom. The normalized spacial score (nSPS) is 20.4. The number of hydrogen-bond acceptors (Lipinski definition) is 2. The number of benzene rings is 1. The average molecular weight is 290 g/mol. The molecule has 20 heavy (non-hydrogen) atoms. The van der Waals surface area contributed by atoms with Gasteiger partial charge in [0.25, 0.3) is 0 Å². The number of rotatable bonds is 3. The van der Waals surface area contributed by atoms with Gasteiger partial charge in [-0.2, -0.15) is 0 Å². The first-order valence-electron chi connectivity index (χ1n) is 7.43. The maximum Gasteiger partial charge on any atom is 0.242 e. The van der Waals surface area contributed by atoms with Crippen molar-refractivity contribution in [3.05, 3.63) is 24.3 Å². The number of nitrogens with zero attached hydrogens (tertiary/aromatic N) is 2. The van der Waals surface area contributed by atoms with E-state index in [0.717, 1.165) is 36.3 Å². The lowest BCUT2D eigenvalue weighted by atomic mass is 10.2. The van der Waals surface area contributed by atoms with Crippen LogP contribution in [0.3, 0.4) is 0 Å². The second-order valence-corrected chi connectivity index (χ2v) is 11.1. The Morgan fingerprint density at radius 2 is 2.00 bits per heavy atom. The fraction of sp³-hybridized carbons (Fsp3) is 0.562. The summed E-state index contributed by atoms with van der Waals surface area (Å²) < 4.78 is 6.13. The van der Waals surface area contributed by atoms with Crippen molar-refractivity contribution in [1.82, 2.24) is 4.90 Å². The van der Waals surface area contributed by atoms with E-state index in [1.54, 1.807) is 0 Å². The van der Waals surface area contributed by atoms with Crippen LogP contribution in [0.15, 0.2) is 29.3 Å². The molecule has 1 unspecified atom stereocenters. The summed E-state index contributed by atoms with van der Waals surface area (Å²) >= 11 is 0. The first-order chi connectivity index (χ1) is 9.35. The fourth-order valence-electron chi connectivity index (χ4n) is 2.44. The van der Waals surface area contributed by atoms with Crippen LogP contribution in [-0.2, 0) is 0 Å². The van der Waals surface area contributed by atoms with E-state index in [1.165, 1.54) is 6.42 Å². The van der Waals surface area contributed by atoms with Crippen LogP contribution < -0.4 is 4.43 Å². The molecule has 3 nitrogen and oxygen atoms in total. The SMILES string of the molecule is CC(=Nc1ccccc1O[Si](C)(C)C)N1CCC(C)C1. The lowest BCUT2D eigenvalue weighted by Gasteiger charge is -2.22. The van der Waals surface area contributed by atoms with Gasteiger partial charge in [0.2, 0.25) is 8.32 Å². The molecule has 1 aliphatic rings. The van der Waals surface area contributed by atoms with Gasteiger partial charge in [-0.05, 0) is 51.0 Å². The van der Waals surface area contributed by atoms with Crippen LogP contribution >= 0.6 is 0 Å². The van der Waals surface area contributed by atoms with Gasteiger partial charge in [-0.15, -0.1) is 0 Å². The molecule has 1 atom stereocenters. The molecule has 2 rings (SSSR count). The Balaban J connectivity index is 2.20. The molecule has 1 aromatic carbocycles. The molecule has 0 N–H and O–H groups in total. The molecule has 1 aromatic rings. The quantitative estimate of drug-likeness (QED) is 0.471. The molecule has 0 bridgehead atoms. The Bertz CT molecular complexity index is 493. The Morgan fingerprint density at radius 1 is 1.30 bits per heavy atom. The molecule has 110 valence electrons. The molecular weight excluding hydrogens is 264 g/mol. The molecule has 0 aromatic heterocycles. The Labute approximate surface area is 123 Å². The summed E-state index contributed by atoms with van der Waals surface area (Å²) in [4.78, 5) is 7.17. The zero-order valence-corrected chi connectivity index (χ0v) is 14.3. The first kappa shape index (κ1) is 15.1. The van der Waals surface area contributed by atoms with Crippen molar-refractivity contribution >= 4 is 19.8 Å². The molecular formula is C16H26N2OSi. The number of amidine groups is 1. The predicted molar refractivity (Wildman–Crippen MR) is 88.5 cm³/mol. The molecule has 0 radical (unpaired) electrons. The Kier molecular flexibility index (Phi) is 4.53. The molecule has 0 amide bonds. The zero-order valence-electron chi connectivity index (χ0n) is 13.3. The maximum absolute atomic E-state index is 6.13. The van der Waals surface area contributed by atoms with Gasteiger partial charge in [0.1, 0.15) is 17.3 Å². The highest BCUT2D eigenvalue weighted by atomic mass is 28.4. The van der Waals surface area contributed by atoms with E-state index in [9.17, 15) is 0 Å². The summed E-state index contributed by atoms with van der Waals surface area (Å²) in [6.45, 7) is 13.2. The molecule has 1 saturated heterocycles. The Hall–Kier alpha value is -1.29. The summed E-state index contributed by atoms with van der Waals surface area (Å²) in [5.74, 6) is 2.79. The fourth-order valence-corrected chi connectivity index (χ4v) is 3.27. The van der Waals surface area contributed by atoms with Crippen molar-refractivity contribution in [3.63, 3.8) is 0 Å². The van der Waals surface area contributed by atoms with Gasteiger partial charge >= 0.3 is 0 Å². The van der Waals surface area contributed by atoms with Crippen LogP contribution in [0.2, 0.25) is 19.6 Å². The summed E-state index contributed by atoms with van der Waals surface area (Å²) in [5, 5.41) is 0. The van der Waals surface area contributed by atoms with Crippen molar-refractivity contribution in [2.75, 3.05) is 13.1 Å². The third-order valence-electron chi connectivity index (χ3n) is 3.45. The average Bonchev–Trinajstić information content (AvgIpc) is 2.77. The van der Waals surface area contributed by atoms with E-state index >= 15 is 0 Å². The van der Waals surface area contributed by atoms with Gasteiger partial charge in [0.05, 0.1) is 0 Å². The highest BCUT2D eigenvalue weighted by molar-refractivity contribution is 6.70. The molecule has 1 fully saturated rings. The monoisotopic (exact) mass is 290 g/mol. The van der Waals surface area contributed by atoms with E-state index in [1.807, 2.05) is 24.3 Å². The van der Waals surface area contributed by atoms with Gasteiger partial charge < -0.3 is 9.33 Å². The maximum atomic E-state index is 6.13. The topological polar surface area (TPSA) is 24.8 Å². The number of aliphatic imine (C=N–C) groups is 1. The smallest absolute Gasteiger partial charge is 0.242 e. The second-order valence-electron chi connectivity index (χ2n) is 6.68. The van der Waals surface area contributed by atoms with Gasteiger partial charge in [0.15, 0.2) is 0 Å². The van der Waals surface area contributed by atoms with Crippen LogP contribution in [0.4, 0.5) is 5.69 Å². The summed E-state index contributed by atoms with van der Waals surface area (Å²) in [6, 6.07) is 8.10. The minimum atomic E-state index is -1.61. The van der Waals surface area contributed by atoms with E-state index in [-0.39, 0.29) is 0 Å². The third kappa shape index (κ3) is 4.10. The van der Waals surface area contributed by atoms with E-state index < -0.39 is 8.32 Å². The number of hydrogen-bond donors (Lipinski definition) is 0. The third-order valence-corrected chi connectivity index (χ3v) is 4.28. The number of para-hydroxylation sites is 2. The second kappa shape index (κ2) is 6.00.